The first-order valence-corrected chi connectivity index (χ1v) is 12.3. The number of rotatable bonds is 8. The largest absolute Gasteiger partial charge is 0.368 e. The van der Waals surface area contributed by atoms with E-state index < -0.39 is 51.9 Å². The van der Waals surface area contributed by atoms with Gasteiger partial charge in [0.1, 0.15) is 24.6 Å². The van der Waals surface area contributed by atoms with Crippen LogP contribution in [-0.2, 0) is 40.2 Å². The molecule has 0 amide bonds. The molecule has 0 aliphatic carbocycles. The van der Waals surface area contributed by atoms with Gasteiger partial charge in [0.05, 0.1) is 23.2 Å². The lowest BCUT2D eigenvalue weighted by Gasteiger charge is -2.28. The van der Waals surface area contributed by atoms with Crippen molar-refractivity contribution >= 4 is 16.1 Å². The van der Waals surface area contributed by atoms with Gasteiger partial charge in [0.25, 0.3) is 0 Å². The molecular formula is C24H28O7S. The quantitative estimate of drug-likeness (QED) is 0.560. The molecule has 0 bridgehead atoms. The summed E-state index contributed by atoms with van der Waals surface area (Å²) in [5, 5.41) is 0. The highest BCUT2D eigenvalue weighted by Crippen LogP contribution is 2.41. The van der Waals surface area contributed by atoms with Gasteiger partial charge < -0.3 is 23.7 Å². The van der Waals surface area contributed by atoms with Gasteiger partial charge in [-0.2, -0.15) is 0 Å². The number of carbonyl (C=O) groups is 1. The van der Waals surface area contributed by atoms with Crippen LogP contribution in [-0.4, -0.2) is 50.8 Å². The molecule has 0 aromatic heterocycles. The van der Waals surface area contributed by atoms with Crippen molar-refractivity contribution in [3.8, 4) is 0 Å². The van der Waals surface area contributed by atoms with E-state index in [1.807, 2.05) is 37.3 Å². The number of ether oxygens (including phenoxy) is 4. The van der Waals surface area contributed by atoms with Crippen LogP contribution < -0.4 is 0 Å². The van der Waals surface area contributed by atoms with Crippen LogP contribution in [0.1, 0.15) is 25.0 Å². The van der Waals surface area contributed by atoms with E-state index in [9.17, 15) is 13.2 Å². The van der Waals surface area contributed by atoms with Gasteiger partial charge in [-0.3, -0.25) is 0 Å². The van der Waals surface area contributed by atoms with Crippen LogP contribution in [0.5, 0.6) is 0 Å². The van der Waals surface area contributed by atoms with Gasteiger partial charge in [-0.25, -0.2) is 8.42 Å². The molecule has 2 aromatic rings. The van der Waals surface area contributed by atoms with Crippen molar-refractivity contribution in [3.05, 3.63) is 65.7 Å². The number of sulfone groups is 1. The predicted octanol–water partition coefficient (Wildman–Crippen LogP) is 3.05. The van der Waals surface area contributed by atoms with E-state index >= 15 is 0 Å². The molecule has 172 valence electrons. The standard InChI is InChI=1S/C24H28O7S/c1-16-9-11-19(12-10-16)32(26,27)15-18(13-25)20-21(28-14-17-7-5-4-6-8-17)22-23(29-20)31-24(2,3)30-22/h4-13,18,20-23H,14-15H2,1-3H3/t18?,20-,21-,22-,23-/m1/s1. The molecule has 0 radical (unpaired) electrons. The first kappa shape index (κ1) is 23.1. The van der Waals surface area contributed by atoms with Gasteiger partial charge >= 0.3 is 0 Å². The minimum Gasteiger partial charge on any atom is -0.368 e. The zero-order valence-corrected chi connectivity index (χ0v) is 19.2. The lowest BCUT2D eigenvalue weighted by atomic mass is 9.99. The molecule has 2 fully saturated rings. The third kappa shape index (κ3) is 4.94. The van der Waals surface area contributed by atoms with Gasteiger partial charge in [-0.1, -0.05) is 48.0 Å². The molecule has 2 saturated heterocycles. The van der Waals surface area contributed by atoms with E-state index in [1.54, 1.807) is 38.1 Å². The predicted molar refractivity (Wildman–Crippen MR) is 117 cm³/mol. The summed E-state index contributed by atoms with van der Waals surface area (Å²) in [6.07, 6.45) is -2.15. The summed E-state index contributed by atoms with van der Waals surface area (Å²) in [5.74, 6) is -2.19. The maximum absolute atomic E-state index is 13.0. The normalized spacial score (nSPS) is 27.7. The number of aldehydes is 1. The maximum atomic E-state index is 13.0. The highest BCUT2D eigenvalue weighted by atomic mass is 32.2. The van der Waals surface area contributed by atoms with Crippen LogP contribution >= 0.6 is 0 Å². The summed E-state index contributed by atoms with van der Waals surface area (Å²) in [6, 6.07) is 16.1. The third-order valence-corrected chi connectivity index (χ3v) is 7.52. The summed E-state index contributed by atoms with van der Waals surface area (Å²) in [7, 11) is -3.71. The Morgan fingerprint density at radius 3 is 2.41 bits per heavy atom. The number of hydrogen-bond donors (Lipinski definition) is 0. The van der Waals surface area contributed by atoms with E-state index in [4.69, 9.17) is 18.9 Å². The SMILES string of the molecule is Cc1ccc(S(=O)(=O)CC(C=O)[C@H]2O[C@@H]3OC(C)(C)O[C@@H]3[C@@H]2OCc2ccccc2)cc1. The summed E-state index contributed by atoms with van der Waals surface area (Å²) >= 11 is 0. The highest BCUT2D eigenvalue weighted by Gasteiger charge is 2.57. The van der Waals surface area contributed by atoms with Crippen LogP contribution in [0.4, 0.5) is 0 Å². The minimum absolute atomic E-state index is 0.170. The van der Waals surface area contributed by atoms with Crippen LogP contribution in [0, 0.1) is 12.8 Å². The van der Waals surface area contributed by atoms with Crippen molar-refractivity contribution in [1.29, 1.82) is 0 Å². The fraction of sp³-hybridized carbons (Fsp3) is 0.458. The van der Waals surface area contributed by atoms with Gasteiger partial charge in [-0.15, -0.1) is 0 Å². The van der Waals surface area contributed by atoms with E-state index in [0.29, 0.717) is 6.29 Å². The minimum atomic E-state index is -3.71. The molecule has 7 nitrogen and oxygen atoms in total. The average Bonchev–Trinajstić information content (AvgIpc) is 3.23. The van der Waals surface area contributed by atoms with E-state index in [2.05, 4.69) is 0 Å². The molecule has 0 spiro atoms. The van der Waals surface area contributed by atoms with Crippen LogP contribution in [0.15, 0.2) is 59.5 Å². The molecule has 5 atom stereocenters. The van der Waals surface area contributed by atoms with E-state index in [0.717, 1.165) is 11.1 Å². The van der Waals surface area contributed by atoms with Gasteiger partial charge in [-0.05, 0) is 38.5 Å². The summed E-state index contributed by atoms with van der Waals surface area (Å²) in [5.41, 5.74) is 1.90. The zero-order chi connectivity index (χ0) is 22.9. The molecule has 4 rings (SSSR count). The summed E-state index contributed by atoms with van der Waals surface area (Å²) in [6.45, 7) is 5.70. The van der Waals surface area contributed by atoms with Crippen LogP contribution in [0.25, 0.3) is 0 Å². The topological polar surface area (TPSA) is 88.1 Å². The lowest BCUT2D eigenvalue weighted by Crippen LogP contribution is -2.42. The Morgan fingerprint density at radius 2 is 1.75 bits per heavy atom. The third-order valence-electron chi connectivity index (χ3n) is 5.70. The number of benzene rings is 2. The molecule has 0 N–H and O–H groups in total. The molecule has 1 unspecified atom stereocenters. The molecule has 2 aliphatic rings. The van der Waals surface area contributed by atoms with E-state index in [-0.39, 0.29) is 11.5 Å². The lowest BCUT2D eigenvalue weighted by molar-refractivity contribution is -0.223. The van der Waals surface area contributed by atoms with Crippen molar-refractivity contribution in [2.24, 2.45) is 5.92 Å². The Labute approximate surface area is 188 Å². The second-order valence-corrected chi connectivity index (χ2v) is 10.8. The molecule has 0 saturated carbocycles. The molecule has 8 heteroatoms. The first-order chi connectivity index (χ1) is 15.2. The number of carbonyl (C=O) groups excluding carboxylic acids is 1. The zero-order valence-electron chi connectivity index (χ0n) is 18.3. The van der Waals surface area contributed by atoms with Gasteiger partial charge in [0.2, 0.25) is 0 Å². The maximum Gasteiger partial charge on any atom is 0.190 e. The Morgan fingerprint density at radius 1 is 1.06 bits per heavy atom. The second kappa shape index (κ2) is 9.03. The van der Waals surface area contributed by atoms with Crippen molar-refractivity contribution in [1.82, 2.24) is 0 Å². The Bertz CT molecular complexity index is 1030. The fourth-order valence-electron chi connectivity index (χ4n) is 4.11. The molecule has 2 aliphatic heterocycles. The monoisotopic (exact) mass is 460 g/mol. The summed E-state index contributed by atoms with van der Waals surface area (Å²) in [4.78, 5) is 12.2. The number of aryl methyl sites for hydroxylation is 1. The van der Waals surface area contributed by atoms with Crippen LogP contribution in [0.3, 0.4) is 0 Å². The average molecular weight is 461 g/mol. The Balaban J connectivity index is 1.55. The van der Waals surface area contributed by atoms with Crippen molar-refractivity contribution in [2.75, 3.05) is 5.75 Å². The number of fused-ring (bicyclic) bond motifs is 1. The highest BCUT2D eigenvalue weighted by molar-refractivity contribution is 7.91. The molecule has 32 heavy (non-hydrogen) atoms. The Kier molecular flexibility index (Phi) is 6.51. The second-order valence-electron chi connectivity index (χ2n) is 8.72. The van der Waals surface area contributed by atoms with Crippen molar-refractivity contribution in [3.63, 3.8) is 0 Å². The molecule has 2 heterocycles. The summed E-state index contributed by atoms with van der Waals surface area (Å²) < 4.78 is 49.9. The fourth-order valence-corrected chi connectivity index (χ4v) is 5.63. The van der Waals surface area contributed by atoms with E-state index in [1.165, 1.54) is 0 Å². The van der Waals surface area contributed by atoms with Crippen molar-refractivity contribution < 1.29 is 32.2 Å². The van der Waals surface area contributed by atoms with Crippen LogP contribution in [0.2, 0.25) is 0 Å². The van der Waals surface area contributed by atoms with Gasteiger partial charge in [0, 0.05) is 0 Å². The van der Waals surface area contributed by atoms with Gasteiger partial charge in [0.15, 0.2) is 21.9 Å². The first-order valence-electron chi connectivity index (χ1n) is 10.6. The Hall–Kier alpha value is -2.10. The van der Waals surface area contributed by atoms with Crippen molar-refractivity contribution in [2.45, 2.75) is 62.7 Å². The molecule has 2 aromatic carbocycles. The molecular weight excluding hydrogens is 432 g/mol. The number of hydrogen-bond acceptors (Lipinski definition) is 7. The smallest absolute Gasteiger partial charge is 0.190 e.